The maximum Gasteiger partial charge on any atom is 0.405 e. The number of halogens is 2. The van der Waals surface area contributed by atoms with Gasteiger partial charge in [-0.05, 0) is 12.8 Å². The fourth-order valence-corrected chi connectivity index (χ4v) is 3.14. The zero-order valence-electron chi connectivity index (χ0n) is 15.5. The molecule has 10 nitrogen and oxygen atoms in total. The molecule has 0 atom stereocenters. The Morgan fingerprint density at radius 3 is 2.52 bits per heavy atom. The number of thiocarbonyl (C=S) groups is 1. The Balaban J connectivity index is 1.95. The molecule has 0 spiro atoms. The Kier molecular flexibility index (Phi) is 5.59. The van der Waals surface area contributed by atoms with Crippen LogP contribution in [0, 0.1) is 0 Å². The highest BCUT2D eigenvalue weighted by Crippen LogP contribution is 2.46. The first-order valence-corrected chi connectivity index (χ1v) is 9.02. The Bertz CT molecular complexity index is 927. The molecule has 1 aliphatic rings. The van der Waals surface area contributed by atoms with E-state index in [1.165, 1.54) is 17.1 Å². The quantitative estimate of drug-likeness (QED) is 0.652. The zero-order valence-corrected chi connectivity index (χ0v) is 16.3. The van der Waals surface area contributed by atoms with Crippen LogP contribution >= 0.6 is 12.2 Å². The summed E-state index contributed by atoms with van der Waals surface area (Å²) in [5.41, 5.74) is 9.52. The lowest BCUT2D eigenvalue weighted by Crippen LogP contribution is -2.42. The Hall–Kier alpha value is -2.96. The normalized spacial score (nSPS) is 17.5. The van der Waals surface area contributed by atoms with Crippen LogP contribution in [0.15, 0.2) is 12.4 Å². The van der Waals surface area contributed by atoms with Gasteiger partial charge in [-0.15, -0.1) is 0 Å². The van der Waals surface area contributed by atoms with Gasteiger partial charge in [0.1, 0.15) is 11.3 Å². The minimum absolute atomic E-state index is 0.0180. The number of nitrogens with two attached hydrogens (primary N) is 2. The molecule has 0 radical (unpaired) electrons. The fraction of sp³-hybridized carbons (Fsp3) is 0.500. The number of hydrogen-bond donors (Lipinski definition) is 2. The first kappa shape index (κ1) is 20.8. The monoisotopic (exact) mass is 427 g/mol. The van der Waals surface area contributed by atoms with Gasteiger partial charge in [-0.25, -0.2) is 23.5 Å². The Morgan fingerprint density at radius 1 is 1.28 bits per heavy atom. The van der Waals surface area contributed by atoms with Crippen molar-refractivity contribution >= 4 is 23.3 Å². The number of carbonyl (C=O) groups is 1. The molecular formula is C16H19F2N7O3S. The number of hydrogen-bond acceptors (Lipinski definition) is 8. The second-order valence-electron chi connectivity index (χ2n) is 6.67. The second kappa shape index (κ2) is 7.81. The molecule has 29 heavy (non-hydrogen) atoms. The average molecular weight is 427 g/mol. The highest BCUT2D eigenvalue weighted by atomic mass is 32.1. The van der Waals surface area contributed by atoms with E-state index < -0.39 is 30.5 Å². The van der Waals surface area contributed by atoms with E-state index in [2.05, 4.69) is 20.1 Å². The summed E-state index contributed by atoms with van der Waals surface area (Å²) < 4.78 is 39.8. The average Bonchev–Trinajstić information content (AvgIpc) is 3.07. The molecule has 4 N–H and O–H groups in total. The van der Waals surface area contributed by atoms with Crippen LogP contribution in [0.25, 0.3) is 0 Å². The van der Waals surface area contributed by atoms with Gasteiger partial charge >= 0.3 is 6.09 Å². The minimum atomic E-state index is -2.87. The largest absolute Gasteiger partial charge is 0.469 e. The predicted octanol–water partition coefficient (Wildman–Crippen LogP) is 1.32. The van der Waals surface area contributed by atoms with Crippen molar-refractivity contribution < 1.29 is 23.0 Å². The number of aryl methyl sites for hydroxylation is 1. The maximum absolute atomic E-state index is 13.7. The van der Waals surface area contributed by atoms with Crippen molar-refractivity contribution in [2.75, 3.05) is 0 Å². The third-order valence-electron chi connectivity index (χ3n) is 4.47. The van der Waals surface area contributed by atoms with Gasteiger partial charge in [-0.3, -0.25) is 4.68 Å². The standard InChI is InChI=1S/C16H19F2N7O3S/c1-25-8-21-10(24-25)7-27-11-6-9(22-13(23-11)12(19)29)15(28-14(20)26)2-4-16(17,18)5-3-15/h6,8H,2-5,7H2,1H3,(H2,19,29)(H2,20,26). The molecule has 1 amide bonds. The summed E-state index contributed by atoms with van der Waals surface area (Å²) in [6.45, 7) is -0.0180. The molecule has 0 saturated heterocycles. The molecule has 2 aromatic rings. The lowest BCUT2D eigenvalue weighted by molar-refractivity contribution is -0.110. The molecule has 156 valence electrons. The van der Waals surface area contributed by atoms with Gasteiger partial charge in [-0.1, -0.05) is 12.2 Å². The molecule has 1 fully saturated rings. The second-order valence-corrected chi connectivity index (χ2v) is 7.11. The van der Waals surface area contributed by atoms with Crippen LogP contribution < -0.4 is 16.2 Å². The third-order valence-corrected chi connectivity index (χ3v) is 4.65. The van der Waals surface area contributed by atoms with Crippen LogP contribution in [-0.4, -0.2) is 41.7 Å². The van der Waals surface area contributed by atoms with Crippen molar-refractivity contribution in [2.24, 2.45) is 18.5 Å². The molecule has 0 unspecified atom stereocenters. The van der Waals surface area contributed by atoms with E-state index in [1.807, 2.05) is 0 Å². The van der Waals surface area contributed by atoms with Gasteiger partial charge in [0.15, 0.2) is 23.9 Å². The number of rotatable bonds is 6. The minimum Gasteiger partial charge on any atom is -0.469 e. The molecule has 3 rings (SSSR count). The Labute approximate surface area is 169 Å². The molecular weight excluding hydrogens is 408 g/mol. The van der Waals surface area contributed by atoms with Crippen molar-refractivity contribution in [1.29, 1.82) is 0 Å². The number of aromatic nitrogens is 5. The molecule has 0 bridgehead atoms. The van der Waals surface area contributed by atoms with E-state index in [4.69, 9.17) is 33.2 Å². The summed E-state index contributed by atoms with van der Waals surface area (Å²) in [5.74, 6) is -2.47. The molecule has 2 aromatic heterocycles. The molecule has 1 aliphatic carbocycles. The van der Waals surface area contributed by atoms with Crippen LogP contribution in [0.3, 0.4) is 0 Å². The highest BCUT2D eigenvalue weighted by Gasteiger charge is 2.48. The molecule has 2 heterocycles. The lowest BCUT2D eigenvalue weighted by Gasteiger charge is -2.38. The smallest absolute Gasteiger partial charge is 0.405 e. The van der Waals surface area contributed by atoms with Gasteiger partial charge in [0.2, 0.25) is 11.8 Å². The van der Waals surface area contributed by atoms with Gasteiger partial charge in [0.25, 0.3) is 0 Å². The van der Waals surface area contributed by atoms with Gasteiger partial charge < -0.3 is 20.9 Å². The van der Waals surface area contributed by atoms with Crippen LogP contribution in [-0.2, 0) is 24.0 Å². The molecule has 0 aliphatic heterocycles. The first-order valence-electron chi connectivity index (χ1n) is 8.61. The van der Waals surface area contributed by atoms with E-state index in [-0.39, 0.29) is 41.8 Å². The molecule has 0 aromatic carbocycles. The van der Waals surface area contributed by atoms with Crippen molar-refractivity contribution in [2.45, 2.75) is 43.8 Å². The summed E-state index contributed by atoms with van der Waals surface area (Å²) >= 11 is 4.94. The third kappa shape index (κ3) is 4.91. The fourth-order valence-electron chi connectivity index (χ4n) is 3.05. The number of amides is 1. The van der Waals surface area contributed by atoms with Crippen LogP contribution in [0.1, 0.15) is 43.0 Å². The Morgan fingerprint density at radius 2 is 1.97 bits per heavy atom. The zero-order chi connectivity index (χ0) is 21.2. The molecule has 13 heteroatoms. The topological polar surface area (TPSA) is 144 Å². The predicted molar refractivity (Wildman–Crippen MR) is 99.0 cm³/mol. The summed E-state index contributed by atoms with van der Waals surface area (Å²) in [7, 11) is 1.70. The van der Waals surface area contributed by atoms with Crippen molar-refractivity contribution in [3.8, 4) is 5.88 Å². The summed E-state index contributed by atoms with van der Waals surface area (Å²) in [5, 5.41) is 4.08. The summed E-state index contributed by atoms with van der Waals surface area (Å²) in [6, 6.07) is 1.39. The number of carbonyl (C=O) groups excluding carboxylic acids is 1. The first-order chi connectivity index (χ1) is 13.6. The van der Waals surface area contributed by atoms with Crippen LogP contribution in [0.2, 0.25) is 0 Å². The summed E-state index contributed by atoms with van der Waals surface area (Å²) in [4.78, 5) is 23.7. The highest BCUT2D eigenvalue weighted by molar-refractivity contribution is 7.80. The van der Waals surface area contributed by atoms with E-state index in [0.717, 1.165) is 0 Å². The van der Waals surface area contributed by atoms with Crippen LogP contribution in [0.4, 0.5) is 13.6 Å². The van der Waals surface area contributed by atoms with Crippen molar-refractivity contribution in [3.05, 3.63) is 29.7 Å². The number of primary amides is 1. The summed E-state index contributed by atoms with van der Waals surface area (Å²) in [6.07, 6.45) is -0.967. The maximum atomic E-state index is 13.7. The van der Waals surface area contributed by atoms with E-state index in [9.17, 15) is 13.6 Å². The SMILES string of the molecule is Cn1cnc(COc2cc(C3(OC(N)=O)CCC(F)(F)CC3)nc(C(N)=S)n2)n1. The van der Waals surface area contributed by atoms with E-state index in [1.54, 1.807) is 7.05 Å². The molecule has 1 saturated carbocycles. The lowest BCUT2D eigenvalue weighted by atomic mass is 9.80. The van der Waals surface area contributed by atoms with Gasteiger partial charge in [0.05, 0.1) is 5.69 Å². The van der Waals surface area contributed by atoms with E-state index in [0.29, 0.717) is 5.82 Å². The van der Waals surface area contributed by atoms with Crippen LogP contribution in [0.5, 0.6) is 5.88 Å². The number of ether oxygens (including phenoxy) is 2. The van der Waals surface area contributed by atoms with Crippen molar-refractivity contribution in [1.82, 2.24) is 24.7 Å². The van der Waals surface area contributed by atoms with Gasteiger partial charge in [-0.2, -0.15) is 10.1 Å². The number of alkyl halides is 2. The number of nitrogens with zero attached hydrogens (tertiary/aromatic N) is 5. The van der Waals surface area contributed by atoms with Gasteiger partial charge in [0, 0.05) is 26.0 Å². The van der Waals surface area contributed by atoms with E-state index >= 15 is 0 Å². The van der Waals surface area contributed by atoms with Crippen molar-refractivity contribution in [3.63, 3.8) is 0 Å².